The number of hydrogen-bond acceptors (Lipinski definition) is 5. The Morgan fingerprint density at radius 2 is 0.897 bits per heavy atom. The van der Waals surface area contributed by atoms with Crippen molar-refractivity contribution in [3.05, 3.63) is 237 Å². The van der Waals surface area contributed by atoms with Crippen LogP contribution in [0, 0.1) is 0 Å². The highest BCUT2D eigenvalue weighted by Gasteiger charge is 2.23. The maximum Gasteiger partial charge on any atom is 0.166 e. The predicted octanol–water partition coefficient (Wildman–Crippen LogP) is 16.4. The largest absolute Gasteiger partial charge is 0.309 e. The minimum atomic E-state index is 0.551. The number of nitrogens with zero attached hydrogens (tertiary/aromatic N) is 5. The predicted molar refractivity (Wildman–Crippen MR) is 283 cm³/mol. The average Bonchev–Trinajstić information content (AvgIpc) is 3.96. The van der Waals surface area contributed by atoms with E-state index in [1.54, 1.807) is 0 Å². The molecule has 0 aliphatic rings. The van der Waals surface area contributed by atoms with Gasteiger partial charge in [-0.15, -0.1) is 11.3 Å². The molecule has 0 radical (unpaired) electrons. The van der Waals surface area contributed by atoms with E-state index in [4.69, 9.17) is 19.9 Å². The normalized spacial score (nSPS) is 11.5. The number of rotatable bonds is 8. The molecule has 0 unspecified atom stereocenters. The Bertz CT molecular complexity index is 3940. The molecule has 68 heavy (non-hydrogen) atoms. The van der Waals surface area contributed by atoms with Gasteiger partial charge in [-0.25, -0.2) is 15.0 Å². The first kappa shape index (κ1) is 39.5. The van der Waals surface area contributed by atoms with Gasteiger partial charge < -0.3 is 4.57 Å². The van der Waals surface area contributed by atoms with Crippen molar-refractivity contribution in [3.63, 3.8) is 0 Å². The summed E-state index contributed by atoms with van der Waals surface area (Å²) >= 11 is 1.81. The number of hydrogen-bond donors (Lipinski definition) is 0. The number of thiophene rings is 1. The second-order valence-electron chi connectivity index (χ2n) is 17.0. The van der Waals surface area contributed by atoms with Crippen molar-refractivity contribution < 1.29 is 0 Å². The minimum absolute atomic E-state index is 0.551. The van der Waals surface area contributed by atoms with Crippen molar-refractivity contribution in [2.75, 3.05) is 0 Å². The lowest BCUT2D eigenvalue weighted by molar-refractivity contribution is 1.07. The fraction of sp³-hybridized carbons (Fsp3) is 0. The van der Waals surface area contributed by atoms with E-state index in [2.05, 4.69) is 199 Å². The number of pyridine rings is 1. The molecule has 0 saturated heterocycles. The van der Waals surface area contributed by atoms with Crippen LogP contribution in [0.2, 0.25) is 0 Å². The summed E-state index contributed by atoms with van der Waals surface area (Å²) in [6, 6.07) is 81.2. The van der Waals surface area contributed by atoms with Crippen LogP contribution in [0.3, 0.4) is 0 Å². The molecule has 0 fully saturated rings. The highest BCUT2D eigenvalue weighted by Crippen LogP contribution is 2.46. The minimum Gasteiger partial charge on any atom is -0.309 e. The van der Waals surface area contributed by atoms with Crippen molar-refractivity contribution in [2.24, 2.45) is 0 Å². The van der Waals surface area contributed by atoms with Crippen molar-refractivity contribution in [2.45, 2.75) is 0 Å². The first-order chi connectivity index (χ1) is 33.7. The third-order valence-corrected chi connectivity index (χ3v) is 14.1. The van der Waals surface area contributed by atoms with E-state index in [-0.39, 0.29) is 0 Å². The quantitative estimate of drug-likeness (QED) is 0.153. The Balaban J connectivity index is 1.08. The number of fused-ring (bicyclic) bond motifs is 6. The van der Waals surface area contributed by atoms with Crippen molar-refractivity contribution in [1.29, 1.82) is 0 Å². The van der Waals surface area contributed by atoms with Crippen LogP contribution in [0.4, 0.5) is 0 Å². The molecule has 318 valence electrons. The molecule has 0 atom stereocenters. The van der Waals surface area contributed by atoms with Crippen molar-refractivity contribution in [3.8, 4) is 84.5 Å². The van der Waals surface area contributed by atoms with E-state index in [0.717, 1.165) is 71.7 Å². The first-order valence-corrected chi connectivity index (χ1v) is 23.6. The molecular formula is C62H39N5S. The number of benzene rings is 9. The maximum absolute atomic E-state index is 5.51. The maximum atomic E-state index is 5.51. The molecule has 0 aliphatic heterocycles. The van der Waals surface area contributed by atoms with E-state index >= 15 is 0 Å². The molecule has 0 N–H and O–H groups in total. The van der Waals surface area contributed by atoms with E-state index in [9.17, 15) is 0 Å². The lowest BCUT2D eigenvalue weighted by atomic mass is 9.90. The van der Waals surface area contributed by atoms with Crippen molar-refractivity contribution >= 4 is 53.3 Å². The van der Waals surface area contributed by atoms with Crippen LogP contribution in [0.25, 0.3) is 126 Å². The Kier molecular flexibility index (Phi) is 9.62. The molecule has 0 amide bonds. The van der Waals surface area contributed by atoms with E-state index in [0.29, 0.717) is 17.5 Å². The zero-order valence-electron chi connectivity index (χ0n) is 36.7. The molecule has 13 aromatic rings. The number of para-hydroxylation sites is 2. The number of aromatic nitrogens is 5. The standard InChI is InChI=1S/C62H39N5S/c1-6-19-40(20-7-1)44-33-34-47(41-21-8-2-9-22-41)51(35-44)45-36-54(62-65-60(42-23-10-3-11-24-42)64-61(66-62)43-25-12-4-13-26-43)58(63-39-45)50-31-18-30-49-53-37-56-52(38-57(53)68-59(49)50)48-29-16-17-32-55(48)67(56)46-27-14-5-15-28-46/h1-39H. The van der Waals surface area contributed by atoms with Crippen LogP contribution in [-0.4, -0.2) is 24.5 Å². The summed E-state index contributed by atoms with van der Waals surface area (Å²) < 4.78 is 4.77. The fourth-order valence-corrected chi connectivity index (χ4v) is 10.9. The summed E-state index contributed by atoms with van der Waals surface area (Å²) in [5.74, 6) is 1.74. The highest BCUT2D eigenvalue weighted by atomic mass is 32.1. The van der Waals surface area contributed by atoms with Crippen LogP contribution < -0.4 is 0 Å². The molecule has 9 aromatic carbocycles. The van der Waals surface area contributed by atoms with Gasteiger partial charge in [0.15, 0.2) is 17.5 Å². The summed E-state index contributed by atoms with van der Waals surface area (Å²) in [7, 11) is 0. The van der Waals surface area contributed by atoms with Crippen molar-refractivity contribution in [1.82, 2.24) is 24.5 Å². The molecule has 5 nitrogen and oxygen atoms in total. The van der Waals surface area contributed by atoms with Gasteiger partial charge in [0.1, 0.15) is 0 Å². The van der Waals surface area contributed by atoms with E-state index in [1.807, 2.05) is 53.9 Å². The SMILES string of the molecule is c1ccc(-c2ccc(-c3ccccc3)c(-c3cnc(-c4cccc5c4sc4cc6c7ccccc7n(-c7ccccc7)c6cc45)c(-c4nc(-c5ccccc5)nc(-c5ccccc5)n4)c3)c2)cc1. The van der Waals surface area contributed by atoms with Gasteiger partial charge in [-0.3, -0.25) is 4.98 Å². The average molecular weight is 886 g/mol. The summed E-state index contributed by atoms with van der Waals surface area (Å²) in [4.78, 5) is 21.2. The van der Waals surface area contributed by atoms with E-state index in [1.165, 1.54) is 37.3 Å². The smallest absolute Gasteiger partial charge is 0.166 e. The van der Waals surface area contributed by atoms with Gasteiger partial charge in [-0.2, -0.15) is 0 Å². The third kappa shape index (κ3) is 6.86. The zero-order valence-corrected chi connectivity index (χ0v) is 37.5. The van der Waals surface area contributed by atoms with Gasteiger partial charge in [-0.1, -0.05) is 188 Å². The molecule has 6 heteroatoms. The van der Waals surface area contributed by atoms with Crippen LogP contribution in [0.1, 0.15) is 0 Å². The van der Waals surface area contributed by atoms with Crippen LogP contribution >= 0.6 is 11.3 Å². The third-order valence-electron chi connectivity index (χ3n) is 12.9. The van der Waals surface area contributed by atoms with Gasteiger partial charge >= 0.3 is 0 Å². The molecule has 0 saturated carbocycles. The van der Waals surface area contributed by atoms with Gasteiger partial charge in [0, 0.05) is 70.6 Å². The summed E-state index contributed by atoms with van der Waals surface area (Å²) in [5.41, 5.74) is 14.5. The Labute approximate surface area is 397 Å². The van der Waals surface area contributed by atoms with Crippen LogP contribution in [0.15, 0.2) is 237 Å². The van der Waals surface area contributed by atoms with E-state index < -0.39 is 0 Å². The topological polar surface area (TPSA) is 56.5 Å². The van der Waals surface area contributed by atoms with Gasteiger partial charge in [0.25, 0.3) is 0 Å². The molecule has 4 aromatic heterocycles. The molecule has 0 spiro atoms. The van der Waals surface area contributed by atoms with Crippen LogP contribution in [0.5, 0.6) is 0 Å². The monoisotopic (exact) mass is 885 g/mol. The summed E-state index contributed by atoms with van der Waals surface area (Å²) in [6.07, 6.45) is 2.03. The second-order valence-corrected chi connectivity index (χ2v) is 18.0. The lowest BCUT2D eigenvalue weighted by Crippen LogP contribution is -2.02. The first-order valence-electron chi connectivity index (χ1n) is 22.8. The molecule has 0 aliphatic carbocycles. The molecular weight excluding hydrogens is 847 g/mol. The highest BCUT2D eigenvalue weighted by molar-refractivity contribution is 7.26. The fourth-order valence-electron chi connectivity index (χ4n) is 9.69. The Morgan fingerprint density at radius 1 is 0.324 bits per heavy atom. The Hall–Kier alpha value is -8.84. The lowest BCUT2D eigenvalue weighted by Gasteiger charge is -2.16. The summed E-state index contributed by atoms with van der Waals surface area (Å²) in [5, 5.41) is 4.85. The summed E-state index contributed by atoms with van der Waals surface area (Å²) in [6.45, 7) is 0. The second kappa shape index (κ2) is 16.5. The van der Waals surface area contributed by atoms with Gasteiger partial charge in [0.05, 0.1) is 16.7 Å². The molecule has 4 heterocycles. The zero-order chi connectivity index (χ0) is 45.0. The van der Waals surface area contributed by atoms with Gasteiger partial charge in [0.2, 0.25) is 0 Å². The van der Waals surface area contributed by atoms with Crippen LogP contribution in [-0.2, 0) is 0 Å². The van der Waals surface area contributed by atoms with Gasteiger partial charge in [-0.05, 0) is 70.3 Å². The molecule has 13 rings (SSSR count). The Morgan fingerprint density at radius 3 is 1.59 bits per heavy atom. The molecule has 0 bridgehead atoms.